The van der Waals surface area contributed by atoms with Crippen molar-refractivity contribution in [1.82, 2.24) is 15.5 Å². The molecule has 0 spiro atoms. The highest BCUT2D eigenvalue weighted by molar-refractivity contribution is 7.18. The van der Waals surface area contributed by atoms with Crippen LogP contribution in [0.5, 0.6) is 5.75 Å². The third-order valence-corrected chi connectivity index (χ3v) is 5.41. The topological polar surface area (TPSA) is 106 Å². The Morgan fingerprint density at radius 3 is 2.59 bits per heavy atom. The summed E-state index contributed by atoms with van der Waals surface area (Å²) in [6.45, 7) is 3.85. The van der Waals surface area contributed by atoms with Gasteiger partial charge >= 0.3 is 0 Å². The number of rotatable bonds is 8. The number of amides is 2. The number of aromatic nitrogens is 2. The Bertz CT molecular complexity index is 953. The largest absolute Gasteiger partial charge is 0.497 e. The second-order valence-electron chi connectivity index (χ2n) is 6.44. The van der Waals surface area contributed by atoms with Gasteiger partial charge in [-0.3, -0.25) is 14.9 Å². The molecule has 0 unspecified atom stereocenters. The number of hydrogen-bond acceptors (Lipinski definition) is 7. The summed E-state index contributed by atoms with van der Waals surface area (Å²) in [6.07, 6.45) is 2.12. The Morgan fingerprint density at radius 2 is 1.97 bits per heavy atom. The molecule has 2 aromatic heterocycles. The molecule has 152 valence electrons. The van der Waals surface area contributed by atoms with E-state index in [1.165, 1.54) is 17.6 Å². The van der Waals surface area contributed by atoms with E-state index in [-0.39, 0.29) is 17.6 Å². The van der Waals surface area contributed by atoms with Crippen LogP contribution < -0.4 is 15.4 Å². The maximum absolute atomic E-state index is 12.8. The van der Waals surface area contributed by atoms with Gasteiger partial charge < -0.3 is 14.5 Å². The van der Waals surface area contributed by atoms with E-state index < -0.39 is 11.9 Å². The van der Waals surface area contributed by atoms with Crippen molar-refractivity contribution in [2.45, 2.75) is 26.3 Å². The molecule has 3 rings (SSSR count). The van der Waals surface area contributed by atoms with Gasteiger partial charge in [-0.15, -0.1) is 10.2 Å². The van der Waals surface area contributed by atoms with Crippen LogP contribution in [0.2, 0.25) is 0 Å². The normalized spacial score (nSPS) is 12.8. The SMILES string of the molecule is CC[C@@H](C)[C@H](NC(=O)c1ccco1)C(=O)Nc1nnc(-c2ccc(OC)cc2)s1. The fraction of sp³-hybridized carbons (Fsp3) is 0.300. The molecule has 0 aliphatic carbocycles. The predicted octanol–water partition coefficient (Wildman–Crippen LogP) is 3.59. The van der Waals surface area contributed by atoms with E-state index in [1.54, 1.807) is 19.2 Å². The van der Waals surface area contributed by atoms with Crippen molar-refractivity contribution in [3.63, 3.8) is 0 Å². The van der Waals surface area contributed by atoms with Gasteiger partial charge in [0.1, 0.15) is 16.8 Å². The zero-order valence-electron chi connectivity index (χ0n) is 16.3. The van der Waals surface area contributed by atoms with Crippen LogP contribution in [0.3, 0.4) is 0 Å². The minimum absolute atomic E-state index is 0.0807. The average Bonchev–Trinajstić information content (AvgIpc) is 3.43. The third kappa shape index (κ3) is 5.00. The molecule has 1 aromatic carbocycles. The van der Waals surface area contributed by atoms with Crippen LogP contribution >= 0.6 is 11.3 Å². The van der Waals surface area contributed by atoms with Gasteiger partial charge in [-0.1, -0.05) is 31.6 Å². The Hall–Kier alpha value is -3.20. The van der Waals surface area contributed by atoms with Gasteiger partial charge in [0.15, 0.2) is 5.76 Å². The van der Waals surface area contributed by atoms with Gasteiger partial charge in [0.05, 0.1) is 13.4 Å². The highest BCUT2D eigenvalue weighted by Crippen LogP contribution is 2.28. The summed E-state index contributed by atoms with van der Waals surface area (Å²) in [5.74, 6) is 0.0329. The summed E-state index contributed by atoms with van der Waals surface area (Å²) >= 11 is 1.25. The predicted molar refractivity (Wildman–Crippen MR) is 110 cm³/mol. The summed E-state index contributed by atoms with van der Waals surface area (Å²) in [5.41, 5.74) is 0.869. The highest BCUT2D eigenvalue weighted by Gasteiger charge is 2.28. The van der Waals surface area contributed by atoms with Crippen LogP contribution in [0, 0.1) is 5.92 Å². The van der Waals surface area contributed by atoms with Crippen molar-refractivity contribution in [2.75, 3.05) is 12.4 Å². The van der Waals surface area contributed by atoms with Gasteiger partial charge in [-0.2, -0.15) is 0 Å². The van der Waals surface area contributed by atoms with Crippen molar-refractivity contribution in [3.05, 3.63) is 48.4 Å². The summed E-state index contributed by atoms with van der Waals surface area (Å²) < 4.78 is 10.3. The molecule has 2 amide bonds. The van der Waals surface area contributed by atoms with Crippen molar-refractivity contribution in [3.8, 4) is 16.3 Å². The van der Waals surface area contributed by atoms with Crippen LogP contribution in [-0.2, 0) is 4.79 Å². The first kappa shape index (κ1) is 20.5. The second-order valence-corrected chi connectivity index (χ2v) is 7.42. The van der Waals surface area contributed by atoms with Crippen LogP contribution in [-0.4, -0.2) is 35.2 Å². The molecule has 0 saturated heterocycles. The first-order chi connectivity index (χ1) is 14.0. The Kier molecular flexibility index (Phi) is 6.61. The van der Waals surface area contributed by atoms with Gasteiger partial charge in [0.25, 0.3) is 5.91 Å². The summed E-state index contributed by atoms with van der Waals surface area (Å²) in [7, 11) is 1.60. The fourth-order valence-electron chi connectivity index (χ4n) is 2.63. The lowest BCUT2D eigenvalue weighted by Crippen LogP contribution is -2.47. The lowest BCUT2D eigenvalue weighted by Gasteiger charge is -2.22. The number of nitrogens with one attached hydrogen (secondary N) is 2. The van der Waals surface area contributed by atoms with Crippen LogP contribution in [0.15, 0.2) is 47.1 Å². The van der Waals surface area contributed by atoms with Crippen LogP contribution in [0.1, 0.15) is 30.8 Å². The number of methoxy groups -OCH3 is 1. The maximum Gasteiger partial charge on any atom is 0.287 e. The second kappa shape index (κ2) is 9.33. The highest BCUT2D eigenvalue weighted by atomic mass is 32.1. The molecular weight excluding hydrogens is 392 g/mol. The summed E-state index contributed by atoms with van der Waals surface area (Å²) in [6, 6.07) is 9.84. The Labute approximate surface area is 172 Å². The van der Waals surface area contributed by atoms with E-state index in [4.69, 9.17) is 9.15 Å². The van der Waals surface area contributed by atoms with Crippen molar-refractivity contribution in [2.24, 2.45) is 5.92 Å². The molecule has 2 atom stereocenters. The molecule has 3 aromatic rings. The molecule has 29 heavy (non-hydrogen) atoms. The van der Waals surface area contributed by atoms with Gasteiger partial charge in [-0.05, 0) is 42.3 Å². The smallest absolute Gasteiger partial charge is 0.287 e. The van der Waals surface area contributed by atoms with Crippen LogP contribution in [0.4, 0.5) is 5.13 Å². The van der Waals surface area contributed by atoms with E-state index in [9.17, 15) is 9.59 Å². The van der Waals surface area contributed by atoms with Gasteiger partial charge in [-0.25, -0.2) is 0 Å². The lowest BCUT2D eigenvalue weighted by atomic mass is 9.98. The number of benzene rings is 1. The third-order valence-electron chi connectivity index (χ3n) is 4.52. The standard InChI is InChI=1S/C20H22N4O4S/c1-4-12(2)16(21-17(25)15-6-5-11-28-15)18(26)22-20-24-23-19(29-20)13-7-9-14(27-3)10-8-13/h5-12,16H,4H2,1-3H3,(H,21,25)(H,22,24,26)/t12-,16+/m1/s1. The molecule has 0 fully saturated rings. The molecule has 9 heteroatoms. The number of ether oxygens (including phenoxy) is 1. The molecule has 0 saturated carbocycles. The number of furan rings is 1. The summed E-state index contributed by atoms with van der Waals surface area (Å²) in [4.78, 5) is 25.1. The maximum atomic E-state index is 12.8. The van der Waals surface area contributed by atoms with E-state index in [0.717, 1.165) is 11.3 Å². The number of carbonyl (C=O) groups excluding carboxylic acids is 2. The quantitative estimate of drug-likeness (QED) is 0.583. The van der Waals surface area contributed by atoms with E-state index >= 15 is 0 Å². The van der Waals surface area contributed by atoms with Crippen molar-refractivity contribution < 1.29 is 18.7 Å². The van der Waals surface area contributed by atoms with E-state index in [1.807, 2.05) is 38.1 Å². The van der Waals surface area contributed by atoms with E-state index in [0.29, 0.717) is 16.6 Å². The number of hydrogen-bond donors (Lipinski definition) is 2. The van der Waals surface area contributed by atoms with Gasteiger partial charge in [0, 0.05) is 5.56 Å². The first-order valence-corrected chi connectivity index (χ1v) is 9.96. The van der Waals surface area contributed by atoms with Crippen LogP contribution in [0.25, 0.3) is 10.6 Å². The zero-order valence-corrected chi connectivity index (χ0v) is 17.2. The minimum atomic E-state index is -0.731. The number of anilines is 1. The molecule has 2 heterocycles. The van der Waals surface area contributed by atoms with Crippen molar-refractivity contribution in [1.29, 1.82) is 0 Å². The van der Waals surface area contributed by atoms with E-state index in [2.05, 4.69) is 20.8 Å². The monoisotopic (exact) mass is 414 g/mol. The fourth-order valence-corrected chi connectivity index (χ4v) is 3.38. The molecule has 8 nitrogen and oxygen atoms in total. The molecule has 2 N–H and O–H groups in total. The Morgan fingerprint density at radius 1 is 1.21 bits per heavy atom. The zero-order chi connectivity index (χ0) is 20.8. The first-order valence-electron chi connectivity index (χ1n) is 9.15. The minimum Gasteiger partial charge on any atom is -0.497 e. The number of nitrogens with zero attached hydrogens (tertiary/aromatic N) is 2. The summed E-state index contributed by atoms with van der Waals surface area (Å²) in [5, 5.41) is 14.7. The van der Waals surface area contributed by atoms with Gasteiger partial charge in [0.2, 0.25) is 11.0 Å². The number of carbonyl (C=O) groups is 2. The molecule has 0 bridgehead atoms. The van der Waals surface area contributed by atoms with Crippen molar-refractivity contribution >= 4 is 28.3 Å². The lowest BCUT2D eigenvalue weighted by molar-refractivity contribution is -0.119. The molecule has 0 radical (unpaired) electrons. The average molecular weight is 414 g/mol. The molecular formula is C20H22N4O4S. The molecule has 0 aliphatic heterocycles. The Balaban J connectivity index is 1.70. The molecule has 0 aliphatic rings.